The summed E-state index contributed by atoms with van der Waals surface area (Å²) >= 11 is 0. The minimum atomic E-state index is -0.557. The van der Waals surface area contributed by atoms with Crippen molar-refractivity contribution < 1.29 is 9.59 Å². The molecular weight excluding hydrogens is 218 g/mol. The van der Waals surface area contributed by atoms with E-state index in [4.69, 9.17) is 5.26 Å². The third-order valence-corrected chi connectivity index (χ3v) is 2.71. The van der Waals surface area contributed by atoms with E-state index in [2.05, 4.69) is 0 Å². The Kier molecular flexibility index (Phi) is 2.79. The second-order valence-corrected chi connectivity index (χ2v) is 3.75. The summed E-state index contributed by atoms with van der Waals surface area (Å²) in [6.45, 7) is 1.45. The molecule has 1 aliphatic heterocycles. The number of carbonyl (C=O) groups excluding carboxylic acids is 2. The van der Waals surface area contributed by atoms with Gasteiger partial charge in [0.25, 0.3) is 5.91 Å². The van der Waals surface area contributed by atoms with Crippen LogP contribution < -0.4 is 4.90 Å². The molecule has 0 unspecified atom stereocenters. The number of amides is 3. The second-order valence-electron chi connectivity index (χ2n) is 3.75. The van der Waals surface area contributed by atoms with Crippen molar-refractivity contribution in [3.63, 3.8) is 0 Å². The molecule has 0 spiro atoms. The molecule has 1 aliphatic rings. The first-order chi connectivity index (χ1) is 8.16. The first kappa shape index (κ1) is 11.1. The fourth-order valence-electron chi connectivity index (χ4n) is 1.86. The van der Waals surface area contributed by atoms with Gasteiger partial charge in [-0.2, -0.15) is 5.26 Å². The lowest BCUT2D eigenvalue weighted by Gasteiger charge is -2.18. The number of nitriles is 1. The van der Waals surface area contributed by atoms with E-state index in [9.17, 15) is 9.59 Å². The lowest BCUT2D eigenvalue weighted by molar-refractivity contribution is -0.126. The summed E-state index contributed by atoms with van der Waals surface area (Å²) in [6, 6.07) is 9.79. The summed E-state index contributed by atoms with van der Waals surface area (Å²) in [5.41, 5.74) is 0.666. The molecule has 0 saturated carbocycles. The number of anilines is 1. The molecule has 3 amide bonds. The molecule has 1 aromatic rings. The van der Waals surface area contributed by atoms with Crippen molar-refractivity contribution >= 4 is 17.6 Å². The number of imide groups is 1. The van der Waals surface area contributed by atoms with Gasteiger partial charge in [0.15, 0.2) is 0 Å². The monoisotopic (exact) mass is 229 g/mol. The maximum absolute atomic E-state index is 12.0. The van der Waals surface area contributed by atoms with E-state index in [-0.39, 0.29) is 12.5 Å². The van der Waals surface area contributed by atoms with E-state index in [0.29, 0.717) is 5.69 Å². The van der Waals surface area contributed by atoms with Gasteiger partial charge in [0.2, 0.25) is 0 Å². The van der Waals surface area contributed by atoms with Gasteiger partial charge in [-0.25, -0.2) is 9.69 Å². The standard InChI is InChI=1S/C12H11N3O2/c1-9-11(16)14(8-7-13)12(17)15(9)10-5-3-2-4-6-10/h2-6,9H,8H2,1H3/t9-/m1/s1. The van der Waals surface area contributed by atoms with Crippen molar-refractivity contribution in [2.45, 2.75) is 13.0 Å². The summed E-state index contributed by atoms with van der Waals surface area (Å²) in [7, 11) is 0. The number of urea groups is 1. The lowest BCUT2D eigenvalue weighted by atomic mass is 10.2. The van der Waals surface area contributed by atoms with Crippen LogP contribution in [0.15, 0.2) is 30.3 Å². The number of carbonyl (C=O) groups is 2. The van der Waals surface area contributed by atoms with Gasteiger partial charge in [0, 0.05) is 5.69 Å². The number of rotatable bonds is 2. The molecule has 86 valence electrons. The van der Waals surface area contributed by atoms with Gasteiger partial charge in [0.05, 0.1) is 6.07 Å². The number of nitrogens with zero attached hydrogens (tertiary/aromatic N) is 3. The van der Waals surface area contributed by atoms with Crippen LogP contribution in [0.25, 0.3) is 0 Å². The van der Waals surface area contributed by atoms with Crippen LogP contribution in [-0.4, -0.2) is 29.4 Å². The highest BCUT2D eigenvalue weighted by Crippen LogP contribution is 2.24. The second kappa shape index (κ2) is 4.26. The zero-order valence-electron chi connectivity index (χ0n) is 9.33. The Labute approximate surface area is 98.9 Å². The largest absolute Gasteiger partial charge is 0.332 e. The SMILES string of the molecule is C[C@@H]1C(=O)N(CC#N)C(=O)N1c1ccccc1. The maximum atomic E-state index is 12.0. The van der Waals surface area contributed by atoms with Crippen molar-refractivity contribution in [3.05, 3.63) is 30.3 Å². The van der Waals surface area contributed by atoms with Gasteiger partial charge in [-0.05, 0) is 19.1 Å². The Balaban J connectivity index is 2.35. The highest BCUT2D eigenvalue weighted by molar-refractivity contribution is 6.14. The highest BCUT2D eigenvalue weighted by atomic mass is 16.2. The van der Waals surface area contributed by atoms with Crippen LogP contribution in [0.3, 0.4) is 0 Å². The Morgan fingerprint density at radius 2 is 1.94 bits per heavy atom. The quantitative estimate of drug-likeness (QED) is 0.568. The molecule has 1 heterocycles. The van der Waals surface area contributed by atoms with Gasteiger partial charge in [0.1, 0.15) is 12.6 Å². The predicted molar refractivity (Wildman–Crippen MR) is 61.1 cm³/mol. The van der Waals surface area contributed by atoms with Crippen LogP contribution in [0.2, 0.25) is 0 Å². The van der Waals surface area contributed by atoms with Crippen LogP contribution in [0.5, 0.6) is 0 Å². The molecule has 1 saturated heterocycles. The Bertz CT molecular complexity index is 492. The fraction of sp³-hybridized carbons (Fsp3) is 0.250. The molecular formula is C12H11N3O2. The van der Waals surface area contributed by atoms with Crippen LogP contribution >= 0.6 is 0 Å². The molecule has 5 heteroatoms. The molecule has 0 radical (unpaired) electrons. The Hall–Kier alpha value is -2.35. The first-order valence-electron chi connectivity index (χ1n) is 5.23. The maximum Gasteiger partial charge on any atom is 0.332 e. The summed E-state index contributed by atoms with van der Waals surface area (Å²) in [4.78, 5) is 26.2. The van der Waals surface area contributed by atoms with Crippen LogP contribution in [0.1, 0.15) is 6.92 Å². The molecule has 0 N–H and O–H groups in total. The van der Waals surface area contributed by atoms with E-state index < -0.39 is 12.1 Å². The molecule has 0 aromatic heterocycles. The molecule has 2 rings (SSSR count). The Morgan fingerprint density at radius 3 is 2.53 bits per heavy atom. The lowest BCUT2D eigenvalue weighted by Crippen LogP contribution is -2.33. The first-order valence-corrected chi connectivity index (χ1v) is 5.23. The number of para-hydroxylation sites is 1. The van der Waals surface area contributed by atoms with Gasteiger partial charge >= 0.3 is 6.03 Å². The van der Waals surface area contributed by atoms with E-state index >= 15 is 0 Å². The van der Waals surface area contributed by atoms with Crippen LogP contribution in [0, 0.1) is 11.3 Å². The number of hydrogen-bond acceptors (Lipinski definition) is 3. The zero-order chi connectivity index (χ0) is 12.4. The molecule has 1 aromatic carbocycles. The summed E-state index contributed by atoms with van der Waals surface area (Å²) in [6.07, 6.45) is 0. The topological polar surface area (TPSA) is 64.4 Å². The molecule has 1 atom stereocenters. The molecule has 5 nitrogen and oxygen atoms in total. The van der Waals surface area contributed by atoms with Crippen LogP contribution in [0.4, 0.5) is 10.5 Å². The van der Waals surface area contributed by atoms with Crippen molar-refractivity contribution in [1.82, 2.24) is 4.90 Å². The predicted octanol–water partition coefficient (Wildman–Crippen LogP) is 1.37. The zero-order valence-corrected chi connectivity index (χ0v) is 9.33. The third-order valence-electron chi connectivity index (χ3n) is 2.71. The van der Waals surface area contributed by atoms with Crippen LogP contribution in [-0.2, 0) is 4.79 Å². The van der Waals surface area contributed by atoms with Gasteiger partial charge in [-0.3, -0.25) is 9.69 Å². The van der Waals surface area contributed by atoms with Crippen molar-refractivity contribution in [2.75, 3.05) is 11.4 Å². The summed E-state index contributed by atoms with van der Waals surface area (Å²) < 4.78 is 0. The van der Waals surface area contributed by atoms with Gasteiger partial charge < -0.3 is 0 Å². The minimum absolute atomic E-state index is 0.203. The molecule has 0 aliphatic carbocycles. The molecule has 17 heavy (non-hydrogen) atoms. The smallest absolute Gasteiger partial charge is 0.282 e. The summed E-state index contributed by atoms with van der Waals surface area (Å²) in [5.74, 6) is -0.333. The average molecular weight is 229 g/mol. The van der Waals surface area contributed by atoms with Gasteiger partial charge in [-0.15, -0.1) is 0 Å². The van der Waals surface area contributed by atoms with Gasteiger partial charge in [-0.1, -0.05) is 18.2 Å². The minimum Gasteiger partial charge on any atom is -0.282 e. The molecule has 1 fully saturated rings. The van der Waals surface area contributed by atoms with Crippen molar-refractivity contribution in [1.29, 1.82) is 5.26 Å². The van der Waals surface area contributed by atoms with E-state index in [0.717, 1.165) is 4.90 Å². The van der Waals surface area contributed by atoms with Crippen molar-refractivity contribution in [2.24, 2.45) is 0 Å². The Morgan fingerprint density at radius 1 is 1.29 bits per heavy atom. The fourth-order valence-corrected chi connectivity index (χ4v) is 1.86. The van der Waals surface area contributed by atoms with E-state index in [1.807, 2.05) is 12.1 Å². The van der Waals surface area contributed by atoms with E-state index in [1.54, 1.807) is 31.2 Å². The normalized spacial score (nSPS) is 19.6. The molecule has 0 bridgehead atoms. The third kappa shape index (κ3) is 1.74. The highest BCUT2D eigenvalue weighted by Gasteiger charge is 2.42. The average Bonchev–Trinajstić information content (AvgIpc) is 2.55. The number of benzene rings is 1. The van der Waals surface area contributed by atoms with E-state index in [1.165, 1.54) is 4.90 Å². The van der Waals surface area contributed by atoms with Crippen molar-refractivity contribution in [3.8, 4) is 6.07 Å². The number of hydrogen-bond donors (Lipinski definition) is 0. The summed E-state index contributed by atoms with van der Waals surface area (Å²) in [5, 5.41) is 8.59.